The van der Waals surface area contributed by atoms with E-state index in [0.29, 0.717) is 38.1 Å². The Kier molecular flexibility index (Phi) is 4.42. The molecule has 134 valence electrons. The van der Waals surface area contributed by atoms with Crippen LogP contribution in [0.5, 0.6) is 0 Å². The van der Waals surface area contributed by atoms with Gasteiger partial charge < -0.3 is 5.32 Å². The lowest BCUT2D eigenvalue weighted by Crippen LogP contribution is -2.52. The fraction of sp³-hybridized carbons (Fsp3) is 0.571. The highest BCUT2D eigenvalue weighted by atomic mass is 32.2. The molecule has 0 saturated carbocycles. The molecule has 1 aromatic rings. The summed E-state index contributed by atoms with van der Waals surface area (Å²) >= 11 is 0. The molecule has 1 N–H and O–H groups in total. The molecule has 0 amide bonds. The van der Waals surface area contributed by atoms with Gasteiger partial charge in [0.15, 0.2) is 0 Å². The molecule has 0 aliphatic carbocycles. The molecule has 2 fully saturated rings. The van der Waals surface area contributed by atoms with Crippen LogP contribution >= 0.6 is 0 Å². The first-order valence-electron chi connectivity index (χ1n) is 7.28. The van der Waals surface area contributed by atoms with Crippen LogP contribution in [0.25, 0.3) is 0 Å². The molecule has 2 unspecified atom stereocenters. The number of rotatable bonds is 2. The van der Waals surface area contributed by atoms with Gasteiger partial charge in [-0.2, -0.15) is 26.3 Å². The van der Waals surface area contributed by atoms with E-state index in [0.717, 1.165) is 0 Å². The minimum absolute atomic E-state index is 0.0487. The molecule has 3 nitrogen and oxygen atoms in total. The summed E-state index contributed by atoms with van der Waals surface area (Å²) in [6.07, 6.45) is -8.45. The van der Waals surface area contributed by atoms with Crippen molar-refractivity contribution in [1.29, 1.82) is 0 Å². The molecule has 3 rings (SSSR count). The third kappa shape index (κ3) is 3.31. The molecule has 0 aromatic heterocycles. The van der Waals surface area contributed by atoms with Gasteiger partial charge in [-0.1, -0.05) is 0 Å². The van der Waals surface area contributed by atoms with Crippen molar-refractivity contribution in [2.24, 2.45) is 0 Å². The molecule has 24 heavy (non-hydrogen) atoms. The first-order valence-corrected chi connectivity index (χ1v) is 8.38. The Labute approximate surface area is 136 Å². The fourth-order valence-electron chi connectivity index (χ4n) is 3.16. The molecule has 1 aromatic carbocycles. The monoisotopic (exact) mass is 372 g/mol. The van der Waals surface area contributed by atoms with Gasteiger partial charge >= 0.3 is 12.4 Å². The van der Waals surface area contributed by atoms with Crippen LogP contribution in [0.15, 0.2) is 23.1 Å². The van der Waals surface area contributed by atoms with E-state index in [1.807, 2.05) is 0 Å². The Balaban J connectivity index is 2.02. The van der Waals surface area contributed by atoms with E-state index in [1.165, 1.54) is 4.31 Å². The number of benzene rings is 1. The fourth-order valence-corrected chi connectivity index (χ4v) is 4.76. The second-order valence-corrected chi connectivity index (χ2v) is 7.29. The van der Waals surface area contributed by atoms with Crippen LogP contribution in [0, 0.1) is 0 Å². The molecule has 2 bridgehead atoms. The summed E-state index contributed by atoms with van der Waals surface area (Å²) in [5, 5.41) is 3.12. The zero-order valence-electron chi connectivity index (χ0n) is 12.2. The molecule has 2 heterocycles. The van der Waals surface area contributed by atoms with Crippen LogP contribution in [-0.4, -0.2) is 33.7 Å². The molecule has 2 aliphatic heterocycles. The topological polar surface area (TPSA) is 32.3 Å². The summed E-state index contributed by atoms with van der Waals surface area (Å²) < 4.78 is 91.7. The van der Waals surface area contributed by atoms with Crippen LogP contribution in [0.2, 0.25) is 0 Å². The summed E-state index contributed by atoms with van der Waals surface area (Å²) in [4.78, 5) is -0.462. The lowest BCUT2D eigenvalue weighted by atomic mass is 10.1. The normalized spacial score (nSPS) is 26.6. The van der Waals surface area contributed by atoms with Gasteiger partial charge in [0.25, 0.3) is 0 Å². The highest BCUT2D eigenvalue weighted by molar-refractivity contribution is 7.82. The van der Waals surface area contributed by atoms with Crippen molar-refractivity contribution >= 4 is 11.0 Å². The first kappa shape index (κ1) is 17.7. The van der Waals surface area contributed by atoms with E-state index >= 15 is 0 Å². The van der Waals surface area contributed by atoms with Crippen LogP contribution in [-0.2, 0) is 23.3 Å². The van der Waals surface area contributed by atoms with E-state index in [1.54, 1.807) is 0 Å². The van der Waals surface area contributed by atoms with Gasteiger partial charge in [0.1, 0.15) is 11.0 Å². The van der Waals surface area contributed by atoms with Gasteiger partial charge in [-0.3, -0.25) is 0 Å². The van der Waals surface area contributed by atoms with Crippen molar-refractivity contribution in [1.82, 2.24) is 9.62 Å². The van der Waals surface area contributed by atoms with Crippen LogP contribution in [0.1, 0.15) is 24.0 Å². The Bertz CT molecular complexity index is 611. The number of nitrogens with one attached hydrogen (secondary N) is 1. The number of halogens is 6. The van der Waals surface area contributed by atoms with Crippen molar-refractivity contribution in [2.45, 2.75) is 42.2 Å². The van der Waals surface area contributed by atoms with E-state index < -0.39 is 39.4 Å². The molecule has 10 heteroatoms. The minimum atomic E-state index is -4.94. The number of hydrogen-bond donors (Lipinski definition) is 1. The standard InChI is InChI=1S/C14H14F6N2OS/c15-13(16,17)8-3-9(14(18,19)20)5-12(4-8)24(23)22-10-1-2-11(22)7-21-6-10/h3-5,10-11,21H,1-2,6-7H2/t10-,11?,24?/m1/s1. The molecule has 2 aliphatic rings. The zero-order chi connectivity index (χ0) is 17.7. The predicted molar refractivity (Wildman–Crippen MR) is 74.4 cm³/mol. The third-order valence-corrected chi connectivity index (χ3v) is 5.89. The van der Waals surface area contributed by atoms with Gasteiger partial charge in [-0.25, -0.2) is 8.51 Å². The molecule has 3 atom stereocenters. The van der Waals surface area contributed by atoms with Crippen molar-refractivity contribution < 1.29 is 30.6 Å². The summed E-state index contributed by atoms with van der Waals surface area (Å²) in [6, 6.07) is 0.856. The minimum Gasteiger partial charge on any atom is -0.314 e. The van der Waals surface area contributed by atoms with Gasteiger partial charge in [0, 0.05) is 25.2 Å². The molecule has 0 radical (unpaired) electrons. The van der Waals surface area contributed by atoms with Crippen LogP contribution < -0.4 is 5.32 Å². The Morgan fingerprint density at radius 2 is 1.38 bits per heavy atom. The number of fused-ring (bicyclic) bond motifs is 2. The summed E-state index contributed by atoms with van der Waals surface area (Å²) in [7, 11) is -2.06. The van der Waals surface area contributed by atoms with Crippen LogP contribution in [0.4, 0.5) is 26.3 Å². The third-order valence-electron chi connectivity index (χ3n) is 4.27. The summed E-state index contributed by atoms with van der Waals surface area (Å²) in [5.74, 6) is 0. The maximum absolute atomic E-state index is 12.9. The predicted octanol–water partition coefficient (Wildman–Crippen LogP) is 3.18. The lowest BCUT2D eigenvalue weighted by molar-refractivity contribution is -0.143. The van der Waals surface area contributed by atoms with E-state index in [2.05, 4.69) is 5.32 Å². The van der Waals surface area contributed by atoms with Gasteiger partial charge in [0.2, 0.25) is 0 Å². The molecular formula is C14H14F6N2OS. The van der Waals surface area contributed by atoms with E-state index in [9.17, 15) is 30.6 Å². The number of piperazine rings is 1. The van der Waals surface area contributed by atoms with Crippen LogP contribution in [0.3, 0.4) is 0 Å². The van der Waals surface area contributed by atoms with E-state index in [4.69, 9.17) is 0 Å². The average molecular weight is 372 g/mol. The summed E-state index contributed by atoms with van der Waals surface area (Å²) in [5.41, 5.74) is -2.88. The largest absolute Gasteiger partial charge is 0.416 e. The lowest BCUT2D eigenvalue weighted by Gasteiger charge is -2.33. The number of hydrogen-bond acceptors (Lipinski definition) is 2. The number of alkyl halides is 6. The second kappa shape index (κ2) is 5.99. The Hall–Kier alpha value is -1.13. The maximum Gasteiger partial charge on any atom is 0.416 e. The van der Waals surface area contributed by atoms with Crippen molar-refractivity contribution in [2.75, 3.05) is 13.1 Å². The highest BCUT2D eigenvalue weighted by Crippen LogP contribution is 2.38. The highest BCUT2D eigenvalue weighted by Gasteiger charge is 2.42. The molecular weight excluding hydrogens is 358 g/mol. The smallest absolute Gasteiger partial charge is 0.314 e. The Morgan fingerprint density at radius 1 is 0.917 bits per heavy atom. The molecule has 2 saturated heterocycles. The average Bonchev–Trinajstić information content (AvgIpc) is 2.73. The summed E-state index contributed by atoms with van der Waals surface area (Å²) in [6.45, 7) is 1.04. The molecule has 0 spiro atoms. The Morgan fingerprint density at radius 3 is 1.79 bits per heavy atom. The van der Waals surface area contributed by atoms with Gasteiger partial charge in [-0.05, 0) is 31.0 Å². The van der Waals surface area contributed by atoms with Gasteiger partial charge in [-0.15, -0.1) is 0 Å². The SMILES string of the molecule is O=S(c1cc(C(F)(F)F)cc(C(F)(F)F)c1)N1C2CC[C@@H]1CNC2. The quantitative estimate of drug-likeness (QED) is 0.809. The number of nitrogens with zero attached hydrogens (tertiary/aromatic N) is 1. The van der Waals surface area contributed by atoms with Crippen molar-refractivity contribution in [3.8, 4) is 0 Å². The first-order chi connectivity index (χ1) is 11.1. The van der Waals surface area contributed by atoms with Crippen molar-refractivity contribution in [3.63, 3.8) is 0 Å². The maximum atomic E-state index is 12.9. The van der Waals surface area contributed by atoms with E-state index in [-0.39, 0.29) is 18.2 Å². The van der Waals surface area contributed by atoms with Gasteiger partial charge in [0.05, 0.1) is 16.0 Å². The van der Waals surface area contributed by atoms with Crippen molar-refractivity contribution in [3.05, 3.63) is 29.3 Å². The zero-order valence-corrected chi connectivity index (χ0v) is 13.1. The second-order valence-electron chi connectivity index (χ2n) is 5.89.